The predicted molar refractivity (Wildman–Crippen MR) is 135 cm³/mol. The Hall–Kier alpha value is -4.66. The molecule has 0 bridgehead atoms. The van der Waals surface area contributed by atoms with Gasteiger partial charge in [-0.3, -0.25) is 9.59 Å². The number of nitrogens with one attached hydrogen (secondary N) is 2. The van der Waals surface area contributed by atoms with Gasteiger partial charge in [0.15, 0.2) is 17.2 Å². The highest BCUT2D eigenvalue weighted by molar-refractivity contribution is 6.06. The predicted octanol–water partition coefficient (Wildman–Crippen LogP) is 5.12. The van der Waals surface area contributed by atoms with Crippen LogP contribution in [0.1, 0.15) is 44.9 Å². The Labute approximate surface area is 212 Å². The average molecular weight is 499 g/mol. The van der Waals surface area contributed by atoms with Gasteiger partial charge in [-0.1, -0.05) is 6.07 Å². The normalized spacial score (nSPS) is 13.6. The molecule has 2 amide bonds. The van der Waals surface area contributed by atoms with Gasteiger partial charge in [-0.25, -0.2) is 9.07 Å². The molecule has 186 valence electrons. The standard InChI is InChI=1S/C28H23FN4O4/c29-18-9-11-21(12-10-18)33-23-7-2-1-6-22(23)26(32-33)28(35)31-20-5-3-4-19(15-20)30-27(34)17-8-13-24-25(14-17)37-16-36-24/h3-5,8-15H,1-2,6-7,16H2,(H,30,34)(H,31,35). The monoisotopic (exact) mass is 498 g/mol. The maximum Gasteiger partial charge on any atom is 0.276 e. The molecule has 0 spiro atoms. The Morgan fingerprint density at radius 3 is 2.38 bits per heavy atom. The molecule has 0 fully saturated rings. The van der Waals surface area contributed by atoms with Gasteiger partial charge in [-0.15, -0.1) is 0 Å². The molecule has 37 heavy (non-hydrogen) atoms. The number of amides is 2. The Kier molecular flexibility index (Phi) is 5.80. The van der Waals surface area contributed by atoms with Gasteiger partial charge in [0.05, 0.1) is 5.69 Å². The van der Waals surface area contributed by atoms with Crippen LogP contribution in [0.25, 0.3) is 5.69 Å². The topological polar surface area (TPSA) is 94.5 Å². The average Bonchev–Trinajstić information content (AvgIpc) is 3.54. The van der Waals surface area contributed by atoms with E-state index in [4.69, 9.17) is 9.47 Å². The van der Waals surface area contributed by atoms with Crippen LogP contribution in [0, 0.1) is 5.82 Å². The molecule has 2 aliphatic rings. The zero-order valence-corrected chi connectivity index (χ0v) is 19.8. The lowest BCUT2D eigenvalue weighted by molar-refractivity contribution is 0.101. The molecule has 0 unspecified atom stereocenters. The van der Waals surface area contributed by atoms with Crippen molar-refractivity contribution in [3.8, 4) is 17.2 Å². The second-order valence-electron chi connectivity index (χ2n) is 8.93. The summed E-state index contributed by atoms with van der Waals surface area (Å²) in [4.78, 5) is 26.0. The number of carbonyl (C=O) groups is 2. The van der Waals surface area contributed by atoms with Crippen molar-refractivity contribution < 1.29 is 23.5 Å². The van der Waals surface area contributed by atoms with E-state index in [1.165, 1.54) is 12.1 Å². The van der Waals surface area contributed by atoms with Crippen molar-refractivity contribution in [2.45, 2.75) is 25.7 Å². The summed E-state index contributed by atoms with van der Waals surface area (Å²) in [6.45, 7) is 0.132. The van der Waals surface area contributed by atoms with Gasteiger partial charge < -0.3 is 20.1 Å². The van der Waals surface area contributed by atoms with Crippen LogP contribution < -0.4 is 20.1 Å². The molecule has 9 heteroatoms. The summed E-state index contributed by atoms with van der Waals surface area (Å²) in [5.74, 6) is 0.155. The van der Waals surface area contributed by atoms with Gasteiger partial charge in [-0.05, 0) is 86.3 Å². The molecule has 0 radical (unpaired) electrons. The summed E-state index contributed by atoms with van der Waals surface area (Å²) in [6.07, 6.45) is 3.54. The minimum atomic E-state index is -0.335. The molecule has 0 atom stereocenters. The third-order valence-corrected chi connectivity index (χ3v) is 6.48. The van der Waals surface area contributed by atoms with Gasteiger partial charge >= 0.3 is 0 Å². The lowest BCUT2D eigenvalue weighted by atomic mass is 9.95. The molecule has 1 aromatic heterocycles. The smallest absolute Gasteiger partial charge is 0.276 e. The molecule has 0 saturated heterocycles. The highest BCUT2D eigenvalue weighted by Crippen LogP contribution is 2.33. The summed E-state index contributed by atoms with van der Waals surface area (Å²) in [7, 11) is 0. The Morgan fingerprint density at radius 2 is 1.57 bits per heavy atom. The van der Waals surface area contributed by atoms with Gasteiger partial charge in [0.25, 0.3) is 11.8 Å². The maximum atomic E-state index is 13.4. The highest BCUT2D eigenvalue weighted by Gasteiger charge is 2.26. The van der Waals surface area contributed by atoms with E-state index in [1.807, 2.05) is 0 Å². The maximum absolute atomic E-state index is 13.4. The number of carbonyl (C=O) groups excluding carboxylic acids is 2. The number of nitrogens with zero attached hydrogens (tertiary/aromatic N) is 2. The van der Waals surface area contributed by atoms with Crippen molar-refractivity contribution in [3.05, 3.63) is 95.1 Å². The number of aromatic nitrogens is 2. The first-order valence-electron chi connectivity index (χ1n) is 12.0. The molecule has 4 aromatic rings. The lowest BCUT2D eigenvalue weighted by Crippen LogP contribution is -2.16. The van der Waals surface area contributed by atoms with E-state index in [9.17, 15) is 14.0 Å². The molecule has 1 aliphatic heterocycles. The first kappa shape index (κ1) is 22.8. The quantitative estimate of drug-likeness (QED) is 0.398. The van der Waals surface area contributed by atoms with Crippen LogP contribution in [-0.4, -0.2) is 28.4 Å². The zero-order valence-electron chi connectivity index (χ0n) is 19.8. The van der Waals surface area contributed by atoms with E-state index in [-0.39, 0.29) is 24.4 Å². The van der Waals surface area contributed by atoms with Crippen LogP contribution >= 0.6 is 0 Å². The Bertz CT molecular complexity index is 1510. The Balaban J connectivity index is 1.21. The first-order chi connectivity index (χ1) is 18.0. The van der Waals surface area contributed by atoms with Crippen LogP contribution in [0.5, 0.6) is 11.5 Å². The van der Waals surface area contributed by atoms with Crippen LogP contribution in [0.4, 0.5) is 15.8 Å². The van der Waals surface area contributed by atoms with Crippen LogP contribution in [0.15, 0.2) is 66.7 Å². The molecular formula is C28H23FN4O4. The molecule has 0 saturated carbocycles. The third-order valence-electron chi connectivity index (χ3n) is 6.48. The van der Waals surface area contributed by atoms with Crippen LogP contribution in [-0.2, 0) is 12.8 Å². The number of hydrogen-bond donors (Lipinski definition) is 2. The van der Waals surface area contributed by atoms with Gasteiger partial charge in [0.1, 0.15) is 5.82 Å². The molecule has 2 N–H and O–H groups in total. The van der Waals surface area contributed by atoms with E-state index < -0.39 is 0 Å². The summed E-state index contributed by atoms with van der Waals surface area (Å²) >= 11 is 0. The fourth-order valence-electron chi connectivity index (χ4n) is 4.68. The minimum Gasteiger partial charge on any atom is -0.454 e. The number of hydrogen-bond acceptors (Lipinski definition) is 5. The molecule has 8 nitrogen and oxygen atoms in total. The number of rotatable bonds is 5. The van der Waals surface area contributed by atoms with E-state index in [2.05, 4.69) is 15.7 Å². The van der Waals surface area contributed by atoms with Crippen LogP contribution in [0.2, 0.25) is 0 Å². The molecule has 2 heterocycles. The highest BCUT2D eigenvalue weighted by atomic mass is 19.1. The van der Waals surface area contributed by atoms with Gasteiger partial charge in [0.2, 0.25) is 6.79 Å². The summed E-state index contributed by atoms with van der Waals surface area (Å²) in [5, 5.41) is 10.4. The van der Waals surface area contributed by atoms with E-state index >= 15 is 0 Å². The largest absolute Gasteiger partial charge is 0.454 e. The fourth-order valence-corrected chi connectivity index (χ4v) is 4.68. The van der Waals surface area contributed by atoms with Crippen molar-refractivity contribution in [3.63, 3.8) is 0 Å². The summed E-state index contributed by atoms with van der Waals surface area (Å²) in [5.41, 5.74) is 4.44. The molecule has 6 rings (SSSR count). The number of fused-ring (bicyclic) bond motifs is 2. The zero-order chi connectivity index (χ0) is 25.4. The number of anilines is 2. The van der Waals surface area contributed by atoms with Crippen LogP contribution in [0.3, 0.4) is 0 Å². The van der Waals surface area contributed by atoms with Crippen molar-refractivity contribution in [2.75, 3.05) is 17.4 Å². The van der Waals surface area contributed by atoms with Gasteiger partial charge in [0, 0.05) is 28.2 Å². The Morgan fingerprint density at radius 1 is 0.838 bits per heavy atom. The molecule has 3 aromatic carbocycles. The SMILES string of the molecule is O=C(Nc1cccc(NC(=O)c2nn(-c3ccc(F)cc3)c3c2CCCC3)c1)c1ccc2c(c1)OCO2. The van der Waals surface area contributed by atoms with Crippen molar-refractivity contribution >= 4 is 23.2 Å². The van der Waals surface area contributed by atoms with Crippen molar-refractivity contribution in [2.24, 2.45) is 0 Å². The molecular weight excluding hydrogens is 475 g/mol. The van der Waals surface area contributed by atoms with Crippen molar-refractivity contribution in [1.82, 2.24) is 9.78 Å². The number of benzene rings is 3. The molecule has 1 aliphatic carbocycles. The number of halogens is 1. The van der Waals surface area contributed by atoms with E-state index in [1.54, 1.807) is 59.3 Å². The second kappa shape index (κ2) is 9.42. The van der Waals surface area contributed by atoms with E-state index in [0.29, 0.717) is 39.8 Å². The number of ether oxygens (including phenoxy) is 2. The minimum absolute atomic E-state index is 0.132. The summed E-state index contributed by atoms with van der Waals surface area (Å²) in [6, 6.07) is 18.0. The lowest BCUT2D eigenvalue weighted by Gasteiger charge is -2.14. The first-order valence-corrected chi connectivity index (χ1v) is 12.0. The van der Waals surface area contributed by atoms with Crippen molar-refractivity contribution in [1.29, 1.82) is 0 Å². The van der Waals surface area contributed by atoms with Gasteiger partial charge in [-0.2, -0.15) is 5.10 Å². The van der Waals surface area contributed by atoms with E-state index in [0.717, 1.165) is 36.9 Å². The fraction of sp³-hybridized carbons (Fsp3) is 0.179. The third kappa shape index (κ3) is 4.51. The second-order valence-corrected chi connectivity index (χ2v) is 8.93. The summed E-state index contributed by atoms with van der Waals surface area (Å²) < 4.78 is 25.8.